The van der Waals surface area contributed by atoms with Gasteiger partial charge in [0.2, 0.25) is 0 Å². The summed E-state index contributed by atoms with van der Waals surface area (Å²) in [6, 6.07) is 15.4. The minimum atomic E-state index is 0.636. The lowest BCUT2D eigenvalue weighted by Gasteiger charge is -1.95. The van der Waals surface area contributed by atoms with Crippen molar-refractivity contribution in [2.45, 2.75) is 27.7 Å². The van der Waals surface area contributed by atoms with Crippen LogP contribution in [0.1, 0.15) is 38.1 Å². The molecule has 0 aliphatic heterocycles. The second kappa shape index (κ2) is 8.69. The molecule has 0 aliphatic carbocycles. The fourth-order valence-corrected chi connectivity index (χ4v) is 1.94. The first-order chi connectivity index (χ1) is 10.4. The van der Waals surface area contributed by atoms with Crippen LogP contribution in [0.15, 0.2) is 54.7 Å². The molecular weight excluding hydrogens is 260 g/mol. The van der Waals surface area contributed by atoms with E-state index in [0.717, 1.165) is 23.1 Å². The fourth-order valence-electron chi connectivity index (χ4n) is 1.94. The fraction of sp³-hybridized carbons (Fsp3) is 0.222. The van der Waals surface area contributed by atoms with Gasteiger partial charge in [0.05, 0.1) is 11.1 Å². The molecule has 3 nitrogen and oxygen atoms in total. The third-order valence-electron chi connectivity index (χ3n) is 2.74. The van der Waals surface area contributed by atoms with E-state index in [9.17, 15) is 4.79 Å². The first kappa shape index (κ1) is 16.6. The predicted molar refractivity (Wildman–Crippen MR) is 88.7 cm³/mol. The molecule has 0 amide bonds. The van der Waals surface area contributed by atoms with Gasteiger partial charge < -0.3 is 0 Å². The highest BCUT2D eigenvalue weighted by atomic mass is 16.1. The van der Waals surface area contributed by atoms with Crippen molar-refractivity contribution in [3.63, 3.8) is 0 Å². The van der Waals surface area contributed by atoms with Crippen LogP contribution in [0.5, 0.6) is 0 Å². The second-order valence-electron chi connectivity index (χ2n) is 3.78. The number of benzene rings is 1. The Morgan fingerprint density at radius 3 is 2.14 bits per heavy atom. The zero-order valence-electron chi connectivity index (χ0n) is 13.1. The smallest absolute Gasteiger partial charge is 0.154 e. The van der Waals surface area contributed by atoms with E-state index in [1.54, 1.807) is 4.52 Å². The molecule has 3 rings (SSSR count). The van der Waals surface area contributed by atoms with E-state index >= 15 is 0 Å². The minimum Gasteiger partial charge on any atom is -0.298 e. The molecule has 2 heterocycles. The normalized spacial score (nSPS) is 9.14. The third kappa shape index (κ3) is 3.57. The number of pyridine rings is 1. The highest BCUT2D eigenvalue weighted by Gasteiger charge is 2.12. The summed E-state index contributed by atoms with van der Waals surface area (Å²) in [7, 11) is 0. The third-order valence-corrected chi connectivity index (χ3v) is 2.74. The summed E-state index contributed by atoms with van der Waals surface area (Å²) in [6.07, 6.45) is 2.71. The van der Waals surface area contributed by atoms with Gasteiger partial charge in [0.25, 0.3) is 0 Å². The molecule has 0 spiro atoms. The van der Waals surface area contributed by atoms with Crippen LogP contribution in [0.3, 0.4) is 0 Å². The van der Waals surface area contributed by atoms with Crippen LogP contribution < -0.4 is 0 Å². The molecule has 0 N–H and O–H groups in total. The lowest BCUT2D eigenvalue weighted by Crippen LogP contribution is -1.84. The lowest BCUT2D eigenvalue weighted by molar-refractivity contribution is 0.112. The monoisotopic (exact) mass is 282 g/mol. The molecule has 110 valence electrons. The van der Waals surface area contributed by atoms with Gasteiger partial charge in [-0.25, -0.2) is 4.52 Å². The SMILES string of the molecule is CC.CC.O=Cc1c(-c2ccccc2)nn2ccccc12. The van der Waals surface area contributed by atoms with Gasteiger partial charge in [-0.05, 0) is 12.1 Å². The molecular formula is C18H22N2O. The largest absolute Gasteiger partial charge is 0.298 e. The molecule has 0 fully saturated rings. The number of aromatic nitrogens is 2. The van der Waals surface area contributed by atoms with E-state index in [-0.39, 0.29) is 0 Å². The summed E-state index contributed by atoms with van der Waals surface area (Å²) >= 11 is 0. The van der Waals surface area contributed by atoms with Gasteiger partial charge in [-0.3, -0.25) is 4.79 Å². The second-order valence-corrected chi connectivity index (χ2v) is 3.78. The van der Waals surface area contributed by atoms with Gasteiger partial charge in [0, 0.05) is 11.8 Å². The van der Waals surface area contributed by atoms with Crippen molar-refractivity contribution in [2.75, 3.05) is 0 Å². The van der Waals surface area contributed by atoms with E-state index in [1.807, 2.05) is 82.4 Å². The number of carbonyl (C=O) groups excluding carboxylic acids is 1. The summed E-state index contributed by atoms with van der Waals surface area (Å²) < 4.78 is 1.73. The minimum absolute atomic E-state index is 0.636. The van der Waals surface area contributed by atoms with E-state index in [0.29, 0.717) is 5.56 Å². The Kier molecular flexibility index (Phi) is 6.88. The van der Waals surface area contributed by atoms with Crippen molar-refractivity contribution in [3.05, 3.63) is 60.3 Å². The van der Waals surface area contributed by atoms with Crippen LogP contribution in [-0.4, -0.2) is 15.9 Å². The van der Waals surface area contributed by atoms with Gasteiger partial charge in [-0.1, -0.05) is 64.1 Å². The number of rotatable bonds is 2. The van der Waals surface area contributed by atoms with Gasteiger partial charge in [-0.2, -0.15) is 5.10 Å². The number of aldehydes is 1. The highest BCUT2D eigenvalue weighted by molar-refractivity contribution is 5.94. The highest BCUT2D eigenvalue weighted by Crippen LogP contribution is 2.24. The zero-order chi connectivity index (χ0) is 15.7. The average molecular weight is 282 g/mol. The Balaban J connectivity index is 0.000000510. The van der Waals surface area contributed by atoms with Crippen LogP contribution in [0.25, 0.3) is 16.8 Å². The molecule has 0 aliphatic rings. The van der Waals surface area contributed by atoms with Crippen molar-refractivity contribution >= 4 is 11.8 Å². The van der Waals surface area contributed by atoms with Crippen molar-refractivity contribution in [3.8, 4) is 11.3 Å². The molecule has 21 heavy (non-hydrogen) atoms. The zero-order valence-corrected chi connectivity index (χ0v) is 13.1. The van der Waals surface area contributed by atoms with Crippen LogP contribution >= 0.6 is 0 Å². The van der Waals surface area contributed by atoms with Gasteiger partial charge >= 0.3 is 0 Å². The molecule has 3 aromatic rings. The van der Waals surface area contributed by atoms with Crippen LogP contribution in [-0.2, 0) is 0 Å². The summed E-state index contributed by atoms with van der Waals surface area (Å²) in [6.45, 7) is 8.00. The Labute approximate surface area is 126 Å². The molecule has 0 bridgehead atoms. The maximum Gasteiger partial charge on any atom is 0.154 e. The van der Waals surface area contributed by atoms with Gasteiger partial charge in [0.15, 0.2) is 6.29 Å². The van der Waals surface area contributed by atoms with Crippen LogP contribution in [0.4, 0.5) is 0 Å². The first-order valence-corrected chi connectivity index (χ1v) is 7.38. The number of hydrogen-bond donors (Lipinski definition) is 0. The Morgan fingerprint density at radius 1 is 0.905 bits per heavy atom. The molecule has 0 unspecified atom stereocenters. The number of nitrogens with zero attached hydrogens (tertiary/aromatic N) is 2. The summed E-state index contributed by atoms with van der Waals surface area (Å²) in [5.74, 6) is 0. The Hall–Kier alpha value is -2.42. The molecule has 2 aromatic heterocycles. The number of carbonyl (C=O) groups is 1. The molecule has 0 atom stereocenters. The first-order valence-electron chi connectivity index (χ1n) is 7.38. The molecule has 0 radical (unpaired) electrons. The summed E-state index contributed by atoms with van der Waals surface area (Å²) in [5.41, 5.74) is 3.16. The molecule has 0 saturated carbocycles. The van der Waals surface area contributed by atoms with Crippen molar-refractivity contribution in [1.29, 1.82) is 0 Å². The molecule has 0 saturated heterocycles. The van der Waals surface area contributed by atoms with Crippen molar-refractivity contribution < 1.29 is 4.79 Å². The summed E-state index contributed by atoms with van der Waals surface area (Å²) in [4.78, 5) is 11.2. The van der Waals surface area contributed by atoms with Crippen molar-refractivity contribution in [2.24, 2.45) is 0 Å². The van der Waals surface area contributed by atoms with Gasteiger partial charge in [0.1, 0.15) is 5.69 Å². The van der Waals surface area contributed by atoms with Crippen LogP contribution in [0, 0.1) is 0 Å². The Bertz CT molecular complexity index is 672. The van der Waals surface area contributed by atoms with E-state index in [2.05, 4.69) is 5.10 Å². The predicted octanol–water partition coefficient (Wildman–Crippen LogP) is 4.87. The summed E-state index contributed by atoms with van der Waals surface area (Å²) in [5, 5.41) is 4.44. The molecule has 1 aromatic carbocycles. The lowest BCUT2D eigenvalue weighted by atomic mass is 10.1. The topological polar surface area (TPSA) is 34.4 Å². The molecule has 3 heteroatoms. The maximum atomic E-state index is 11.2. The maximum absolute atomic E-state index is 11.2. The van der Waals surface area contributed by atoms with Crippen LogP contribution in [0.2, 0.25) is 0 Å². The quantitative estimate of drug-likeness (QED) is 0.629. The standard InChI is InChI=1S/C14H10N2O.2C2H6/c17-10-12-13-8-4-5-9-16(13)15-14(12)11-6-2-1-3-7-11;2*1-2/h1-10H;2*1-2H3. The number of fused-ring (bicyclic) bond motifs is 1. The van der Waals surface area contributed by atoms with Gasteiger partial charge in [-0.15, -0.1) is 0 Å². The number of hydrogen-bond acceptors (Lipinski definition) is 2. The van der Waals surface area contributed by atoms with E-state index in [1.165, 1.54) is 0 Å². The van der Waals surface area contributed by atoms with E-state index in [4.69, 9.17) is 0 Å². The van der Waals surface area contributed by atoms with E-state index < -0.39 is 0 Å². The Morgan fingerprint density at radius 2 is 1.52 bits per heavy atom. The van der Waals surface area contributed by atoms with Crippen molar-refractivity contribution in [1.82, 2.24) is 9.61 Å². The average Bonchev–Trinajstić information content (AvgIpc) is 2.98.